The molecule has 0 N–H and O–H groups in total. The summed E-state index contributed by atoms with van der Waals surface area (Å²) in [5.41, 5.74) is -0.313. The standard InChI is InChI=1S/C15H20O3/c1-9(2)8-15-6-4-14(3,5-7-15)10-11(15)13(17)18-12(10)16/h4,6,9-11H,5,7-8H2,1-3H3. The minimum Gasteiger partial charge on any atom is -0.393 e. The van der Waals surface area contributed by atoms with E-state index < -0.39 is 0 Å². The highest BCUT2D eigenvalue weighted by atomic mass is 16.6. The highest BCUT2D eigenvalue weighted by Gasteiger charge is 2.65. The van der Waals surface area contributed by atoms with Gasteiger partial charge in [0.2, 0.25) is 0 Å². The Balaban J connectivity index is 2.09. The van der Waals surface area contributed by atoms with Gasteiger partial charge >= 0.3 is 11.9 Å². The lowest BCUT2D eigenvalue weighted by atomic mass is 9.48. The normalized spacial score (nSPS) is 45.6. The molecule has 1 aliphatic heterocycles. The van der Waals surface area contributed by atoms with Crippen LogP contribution in [0.15, 0.2) is 12.2 Å². The van der Waals surface area contributed by atoms with Crippen LogP contribution in [0.2, 0.25) is 0 Å². The number of allylic oxidation sites excluding steroid dienone is 2. The van der Waals surface area contributed by atoms with Crippen LogP contribution in [0.25, 0.3) is 0 Å². The predicted octanol–water partition coefficient (Wildman–Crippen LogP) is 2.70. The molecule has 1 heterocycles. The van der Waals surface area contributed by atoms with Crippen molar-refractivity contribution in [1.29, 1.82) is 0 Å². The van der Waals surface area contributed by atoms with Gasteiger partial charge in [0.25, 0.3) is 0 Å². The number of hydrogen-bond acceptors (Lipinski definition) is 3. The van der Waals surface area contributed by atoms with Gasteiger partial charge in [-0.05, 0) is 30.6 Å². The average molecular weight is 248 g/mol. The van der Waals surface area contributed by atoms with Crippen molar-refractivity contribution in [2.75, 3.05) is 0 Å². The second-order valence-corrected chi connectivity index (χ2v) is 6.87. The third-order valence-corrected chi connectivity index (χ3v) is 5.09. The van der Waals surface area contributed by atoms with Crippen LogP contribution >= 0.6 is 0 Å². The lowest BCUT2D eigenvalue weighted by Gasteiger charge is -2.53. The van der Waals surface area contributed by atoms with Crippen LogP contribution in [0.5, 0.6) is 0 Å². The van der Waals surface area contributed by atoms with E-state index in [0.717, 1.165) is 19.3 Å². The maximum atomic E-state index is 12.1. The van der Waals surface area contributed by atoms with Gasteiger partial charge in [0.15, 0.2) is 0 Å². The van der Waals surface area contributed by atoms with E-state index in [2.05, 4.69) is 32.9 Å². The molecule has 98 valence electrons. The molecular weight excluding hydrogens is 228 g/mol. The zero-order valence-electron chi connectivity index (χ0n) is 11.2. The molecule has 0 radical (unpaired) electrons. The molecule has 2 bridgehead atoms. The molecule has 3 heteroatoms. The Morgan fingerprint density at radius 1 is 1.22 bits per heavy atom. The van der Waals surface area contributed by atoms with Crippen molar-refractivity contribution in [2.45, 2.75) is 40.0 Å². The Labute approximate surface area is 108 Å². The van der Waals surface area contributed by atoms with Gasteiger partial charge < -0.3 is 4.74 Å². The molecule has 0 aromatic carbocycles. The van der Waals surface area contributed by atoms with Crippen molar-refractivity contribution in [2.24, 2.45) is 28.6 Å². The summed E-state index contributed by atoms with van der Waals surface area (Å²) in [6.07, 6.45) is 7.32. The molecule has 4 unspecified atom stereocenters. The molecule has 0 aromatic heterocycles. The Bertz CT molecular complexity index is 451. The number of esters is 2. The van der Waals surface area contributed by atoms with Crippen molar-refractivity contribution in [3.05, 3.63) is 12.2 Å². The maximum absolute atomic E-state index is 12.1. The first-order chi connectivity index (χ1) is 8.38. The van der Waals surface area contributed by atoms with Gasteiger partial charge in [-0.1, -0.05) is 32.9 Å². The first-order valence-electron chi connectivity index (χ1n) is 6.84. The van der Waals surface area contributed by atoms with Crippen LogP contribution in [-0.2, 0) is 14.3 Å². The number of hydrogen-bond donors (Lipinski definition) is 0. The van der Waals surface area contributed by atoms with Crippen molar-refractivity contribution in [3.8, 4) is 0 Å². The van der Waals surface area contributed by atoms with Crippen molar-refractivity contribution < 1.29 is 14.3 Å². The van der Waals surface area contributed by atoms with E-state index in [0.29, 0.717) is 5.92 Å². The number of rotatable bonds is 2. The molecule has 2 fully saturated rings. The fraction of sp³-hybridized carbons (Fsp3) is 0.733. The molecule has 0 aromatic rings. The number of fused-ring (bicyclic) bond motifs is 1. The quantitative estimate of drug-likeness (QED) is 0.429. The first kappa shape index (κ1) is 11.9. The molecule has 4 atom stereocenters. The summed E-state index contributed by atoms with van der Waals surface area (Å²) in [5.74, 6) is -0.564. The molecule has 1 saturated heterocycles. The first-order valence-corrected chi connectivity index (χ1v) is 6.84. The third-order valence-electron chi connectivity index (χ3n) is 5.09. The van der Waals surface area contributed by atoms with Gasteiger partial charge in [0, 0.05) is 5.41 Å². The maximum Gasteiger partial charge on any atom is 0.318 e. The van der Waals surface area contributed by atoms with Crippen molar-refractivity contribution in [1.82, 2.24) is 0 Å². The van der Waals surface area contributed by atoms with Gasteiger partial charge in [-0.15, -0.1) is 0 Å². The van der Waals surface area contributed by atoms with E-state index in [-0.39, 0.29) is 34.6 Å². The fourth-order valence-electron chi connectivity index (χ4n) is 4.32. The summed E-state index contributed by atoms with van der Waals surface area (Å²) < 4.78 is 4.94. The van der Waals surface area contributed by atoms with Crippen LogP contribution in [-0.4, -0.2) is 11.9 Å². The summed E-state index contributed by atoms with van der Waals surface area (Å²) in [7, 11) is 0. The van der Waals surface area contributed by atoms with Crippen LogP contribution < -0.4 is 0 Å². The lowest BCUT2D eigenvalue weighted by molar-refractivity contribution is -0.154. The Morgan fingerprint density at radius 2 is 1.89 bits per heavy atom. The van der Waals surface area contributed by atoms with E-state index >= 15 is 0 Å². The van der Waals surface area contributed by atoms with Crippen LogP contribution in [0.3, 0.4) is 0 Å². The predicted molar refractivity (Wildman–Crippen MR) is 66.4 cm³/mol. The fourth-order valence-corrected chi connectivity index (χ4v) is 4.32. The van der Waals surface area contributed by atoms with Crippen LogP contribution in [0, 0.1) is 28.6 Å². The molecule has 3 nitrogen and oxygen atoms in total. The number of carbonyl (C=O) groups excluding carboxylic acids is 2. The lowest BCUT2D eigenvalue weighted by Crippen LogP contribution is -2.52. The molecule has 4 aliphatic rings. The molecule has 4 rings (SSSR count). The second-order valence-electron chi connectivity index (χ2n) is 6.87. The highest BCUT2D eigenvalue weighted by Crippen LogP contribution is 2.63. The smallest absolute Gasteiger partial charge is 0.318 e. The largest absolute Gasteiger partial charge is 0.393 e. The Kier molecular flexibility index (Phi) is 2.30. The zero-order chi connectivity index (χ0) is 13.1. The third kappa shape index (κ3) is 1.36. The van der Waals surface area contributed by atoms with Gasteiger partial charge in [0.1, 0.15) is 0 Å². The minimum absolute atomic E-state index is 0.139. The number of ether oxygens (including phenoxy) is 1. The van der Waals surface area contributed by atoms with E-state index in [1.807, 2.05) is 0 Å². The topological polar surface area (TPSA) is 43.4 Å². The van der Waals surface area contributed by atoms with Crippen LogP contribution in [0.4, 0.5) is 0 Å². The van der Waals surface area contributed by atoms with Gasteiger partial charge in [-0.2, -0.15) is 0 Å². The monoisotopic (exact) mass is 248 g/mol. The molecule has 1 saturated carbocycles. The summed E-state index contributed by atoms with van der Waals surface area (Å²) in [6.45, 7) is 6.42. The zero-order valence-corrected chi connectivity index (χ0v) is 11.2. The summed E-state index contributed by atoms with van der Waals surface area (Å²) >= 11 is 0. The molecular formula is C15H20O3. The highest BCUT2D eigenvalue weighted by molar-refractivity contribution is 5.98. The molecule has 0 spiro atoms. The van der Waals surface area contributed by atoms with Gasteiger partial charge in [-0.25, -0.2) is 0 Å². The van der Waals surface area contributed by atoms with Crippen LogP contribution in [0.1, 0.15) is 40.0 Å². The second kappa shape index (κ2) is 3.46. The molecule has 3 aliphatic carbocycles. The minimum atomic E-state index is -0.301. The average Bonchev–Trinajstić information content (AvgIpc) is 2.59. The Hall–Kier alpha value is -1.12. The SMILES string of the molecule is CC(C)CC12C=CC(C)(CC1)C1C(=O)OC(=O)C12. The molecule has 18 heavy (non-hydrogen) atoms. The van der Waals surface area contributed by atoms with E-state index in [9.17, 15) is 9.59 Å². The summed E-state index contributed by atoms with van der Waals surface area (Å²) in [6, 6.07) is 0. The van der Waals surface area contributed by atoms with E-state index in [1.54, 1.807) is 0 Å². The number of carbonyl (C=O) groups is 2. The van der Waals surface area contributed by atoms with Crippen molar-refractivity contribution in [3.63, 3.8) is 0 Å². The van der Waals surface area contributed by atoms with Gasteiger partial charge in [-0.3, -0.25) is 9.59 Å². The summed E-state index contributed by atoms with van der Waals surface area (Å²) in [4.78, 5) is 24.0. The summed E-state index contributed by atoms with van der Waals surface area (Å²) in [5, 5.41) is 0. The van der Waals surface area contributed by atoms with Crippen molar-refractivity contribution >= 4 is 11.9 Å². The Morgan fingerprint density at radius 3 is 2.44 bits per heavy atom. The number of cyclic esters (lactones) is 2. The van der Waals surface area contributed by atoms with E-state index in [1.165, 1.54) is 0 Å². The van der Waals surface area contributed by atoms with E-state index in [4.69, 9.17) is 4.74 Å². The van der Waals surface area contributed by atoms with Gasteiger partial charge in [0.05, 0.1) is 11.8 Å². The molecule has 0 amide bonds.